The quantitative estimate of drug-likeness (QED) is 0.140. The van der Waals surface area contributed by atoms with Crippen molar-refractivity contribution < 1.29 is 24.0 Å². The van der Waals surface area contributed by atoms with Gasteiger partial charge in [0.15, 0.2) is 5.78 Å². The molecule has 1 aliphatic rings. The van der Waals surface area contributed by atoms with Crippen molar-refractivity contribution in [2.45, 2.75) is 60.0 Å². The monoisotopic (exact) mass is 567 g/mol. The van der Waals surface area contributed by atoms with Gasteiger partial charge in [-0.25, -0.2) is 4.79 Å². The maximum Gasteiger partial charge on any atom is 0.354 e. The number of carbonyl (C=O) groups is 3. The average Bonchev–Trinajstić information content (AvgIpc) is 3.22. The number of fused-ring (bicyclic) bond motifs is 5. The van der Waals surface area contributed by atoms with E-state index in [4.69, 9.17) is 9.57 Å². The normalized spacial score (nSPS) is 14.7. The van der Waals surface area contributed by atoms with E-state index in [9.17, 15) is 14.4 Å². The molecule has 1 aromatic heterocycles. The van der Waals surface area contributed by atoms with E-state index in [0.29, 0.717) is 42.1 Å². The van der Waals surface area contributed by atoms with E-state index in [-0.39, 0.29) is 30.3 Å². The molecule has 8 heteroatoms. The molecule has 3 aromatic carbocycles. The number of hydrogen-bond donors (Lipinski definition) is 0. The largest absolute Gasteiger partial charge is 0.492 e. The Morgan fingerprint density at radius 1 is 1.02 bits per heavy atom. The van der Waals surface area contributed by atoms with E-state index in [2.05, 4.69) is 16.6 Å². The van der Waals surface area contributed by atoms with Crippen molar-refractivity contribution >= 4 is 45.1 Å². The van der Waals surface area contributed by atoms with Crippen LogP contribution in [0.25, 0.3) is 21.8 Å². The first-order valence-corrected chi connectivity index (χ1v) is 14.5. The zero-order valence-corrected chi connectivity index (χ0v) is 25.1. The molecule has 0 spiro atoms. The number of ketones is 2. The molecule has 218 valence electrons. The number of nitrogens with zero attached hydrogens (tertiary/aromatic N) is 3. The summed E-state index contributed by atoms with van der Waals surface area (Å²) < 4.78 is 8.38. The summed E-state index contributed by atoms with van der Waals surface area (Å²) in [5, 5.41) is 5.66. The molecule has 0 atom stereocenters. The van der Waals surface area contributed by atoms with Crippen molar-refractivity contribution in [2.75, 3.05) is 19.7 Å². The number of benzene rings is 3. The van der Waals surface area contributed by atoms with E-state index >= 15 is 0 Å². The van der Waals surface area contributed by atoms with Crippen LogP contribution in [-0.2, 0) is 16.2 Å². The van der Waals surface area contributed by atoms with Gasteiger partial charge in [-0.15, -0.1) is 0 Å². The second-order valence-corrected chi connectivity index (χ2v) is 11.0. The Bertz CT molecular complexity index is 1740. The summed E-state index contributed by atoms with van der Waals surface area (Å²) in [5.74, 6) is -0.475. The SMILES string of the molecule is CCN(CC)C(C)(C)C(=O)O/N=C1\CCOc2c(ccc3c2c2cc(C(=O)c4ccccc4C)ccc2n3CC)C1=O. The minimum absolute atomic E-state index is 0.0599. The number of aryl methyl sites for hydroxylation is 2. The molecule has 0 radical (unpaired) electrons. The van der Waals surface area contributed by atoms with Crippen LogP contribution in [0.5, 0.6) is 5.75 Å². The lowest BCUT2D eigenvalue weighted by molar-refractivity contribution is -0.156. The van der Waals surface area contributed by atoms with Crippen molar-refractivity contribution in [2.24, 2.45) is 5.16 Å². The molecule has 0 saturated heterocycles. The van der Waals surface area contributed by atoms with Crippen molar-refractivity contribution in [1.82, 2.24) is 9.47 Å². The predicted octanol–water partition coefficient (Wildman–Crippen LogP) is 6.34. The summed E-state index contributed by atoms with van der Waals surface area (Å²) >= 11 is 0. The van der Waals surface area contributed by atoms with E-state index in [0.717, 1.165) is 27.4 Å². The summed E-state index contributed by atoms with van der Waals surface area (Å²) in [5.41, 5.74) is 3.58. The van der Waals surface area contributed by atoms with E-state index < -0.39 is 11.5 Å². The minimum atomic E-state index is -0.892. The Balaban J connectivity index is 1.58. The first kappa shape index (κ1) is 29.2. The molecule has 0 N–H and O–H groups in total. The van der Waals surface area contributed by atoms with Crippen LogP contribution >= 0.6 is 0 Å². The maximum atomic E-state index is 13.7. The van der Waals surface area contributed by atoms with Gasteiger partial charge in [-0.2, -0.15) is 0 Å². The lowest BCUT2D eigenvalue weighted by Crippen LogP contribution is -2.50. The summed E-state index contributed by atoms with van der Waals surface area (Å²) in [6.07, 6.45) is 0.192. The Labute approximate surface area is 245 Å². The molecule has 8 nitrogen and oxygen atoms in total. The number of Topliss-reactive ketones (excluding diaryl/α,β-unsaturated/α-hetero) is 1. The zero-order chi connectivity index (χ0) is 30.2. The molecule has 0 aliphatic carbocycles. The van der Waals surface area contributed by atoms with Gasteiger partial charge >= 0.3 is 5.97 Å². The van der Waals surface area contributed by atoms with Crippen LogP contribution in [-0.4, -0.2) is 57.9 Å². The standard InChI is InChI=1S/C34H37N3O5/c1-7-36(8-2)34(5,6)33(40)42-35-26-18-19-41-32-24(31(26)39)15-17-28-29(32)25-20-22(14-16-27(25)37(28)9-3)30(38)23-13-11-10-12-21(23)4/h10-17,20H,7-9,18-19H2,1-6H3/b35-26+. The number of aromatic nitrogens is 1. The molecule has 0 saturated carbocycles. The second-order valence-electron chi connectivity index (χ2n) is 11.0. The van der Waals surface area contributed by atoms with Crippen LogP contribution in [0.15, 0.2) is 59.8 Å². The fourth-order valence-electron chi connectivity index (χ4n) is 5.91. The molecular weight excluding hydrogens is 530 g/mol. The Morgan fingerprint density at radius 3 is 2.43 bits per heavy atom. The molecule has 2 heterocycles. The highest BCUT2D eigenvalue weighted by molar-refractivity contribution is 6.47. The van der Waals surface area contributed by atoms with Crippen molar-refractivity contribution in [3.63, 3.8) is 0 Å². The highest BCUT2D eigenvalue weighted by atomic mass is 16.7. The third-order valence-electron chi connectivity index (χ3n) is 8.34. The summed E-state index contributed by atoms with van der Waals surface area (Å²) in [6, 6.07) is 16.9. The van der Waals surface area contributed by atoms with Gasteiger partial charge in [-0.1, -0.05) is 43.3 Å². The molecule has 0 amide bonds. The smallest absolute Gasteiger partial charge is 0.354 e. The van der Waals surface area contributed by atoms with Crippen LogP contribution < -0.4 is 4.74 Å². The first-order chi connectivity index (χ1) is 20.1. The molecular formula is C34H37N3O5. The summed E-state index contributed by atoms with van der Waals surface area (Å²) in [7, 11) is 0. The number of likely N-dealkylation sites (N-methyl/N-ethyl adjacent to an activating group) is 1. The van der Waals surface area contributed by atoms with Gasteiger partial charge in [0.25, 0.3) is 0 Å². The van der Waals surface area contributed by atoms with E-state index in [1.54, 1.807) is 19.9 Å². The number of oxime groups is 1. The number of carbonyl (C=O) groups excluding carboxylic acids is 3. The third-order valence-corrected chi connectivity index (χ3v) is 8.34. The van der Waals surface area contributed by atoms with E-state index in [1.165, 1.54) is 0 Å². The van der Waals surface area contributed by atoms with Gasteiger partial charge in [0.05, 0.1) is 23.1 Å². The Morgan fingerprint density at radius 2 is 1.74 bits per heavy atom. The molecule has 4 aromatic rings. The maximum absolute atomic E-state index is 13.7. The van der Waals surface area contributed by atoms with Crippen LogP contribution in [0.1, 0.15) is 72.9 Å². The minimum Gasteiger partial charge on any atom is -0.492 e. The average molecular weight is 568 g/mol. The summed E-state index contributed by atoms with van der Waals surface area (Å²) in [4.78, 5) is 47.4. The molecule has 5 rings (SSSR count). The van der Waals surface area contributed by atoms with E-state index in [1.807, 2.05) is 74.2 Å². The zero-order valence-electron chi connectivity index (χ0n) is 25.1. The van der Waals surface area contributed by atoms with Crippen molar-refractivity contribution in [3.8, 4) is 5.75 Å². The molecule has 0 fully saturated rings. The lowest BCUT2D eigenvalue weighted by atomic mass is 9.97. The van der Waals surface area contributed by atoms with Gasteiger partial charge in [-0.05, 0) is 76.7 Å². The van der Waals surface area contributed by atoms with Crippen LogP contribution in [0.3, 0.4) is 0 Å². The Kier molecular flexibility index (Phi) is 8.01. The van der Waals surface area contributed by atoms with Crippen LogP contribution in [0.2, 0.25) is 0 Å². The topological polar surface area (TPSA) is 90.2 Å². The van der Waals surface area contributed by atoms with Gasteiger partial charge in [-0.3, -0.25) is 14.5 Å². The second kappa shape index (κ2) is 11.5. The van der Waals surface area contributed by atoms with Gasteiger partial charge in [0, 0.05) is 35.0 Å². The fraction of sp³-hybridized carbons (Fsp3) is 0.353. The fourth-order valence-corrected chi connectivity index (χ4v) is 5.91. The van der Waals surface area contributed by atoms with Gasteiger partial charge < -0.3 is 14.1 Å². The number of hydrogen-bond acceptors (Lipinski definition) is 7. The van der Waals surface area contributed by atoms with Gasteiger partial charge in [0.2, 0.25) is 5.78 Å². The first-order valence-electron chi connectivity index (χ1n) is 14.5. The van der Waals surface area contributed by atoms with Gasteiger partial charge in [0.1, 0.15) is 17.0 Å². The van der Waals surface area contributed by atoms with Crippen molar-refractivity contribution in [1.29, 1.82) is 0 Å². The highest BCUT2D eigenvalue weighted by Gasteiger charge is 2.36. The van der Waals surface area contributed by atoms with Crippen LogP contribution in [0, 0.1) is 6.92 Å². The third kappa shape index (κ3) is 4.90. The lowest BCUT2D eigenvalue weighted by Gasteiger charge is -2.33. The molecule has 1 aliphatic heterocycles. The summed E-state index contributed by atoms with van der Waals surface area (Å²) in [6.45, 7) is 13.7. The van der Waals surface area contributed by atoms with Crippen LogP contribution in [0.4, 0.5) is 0 Å². The number of rotatable bonds is 8. The Hall–Kier alpha value is -4.30. The predicted molar refractivity (Wildman–Crippen MR) is 165 cm³/mol. The highest BCUT2D eigenvalue weighted by Crippen LogP contribution is 2.40. The van der Waals surface area contributed by atoms with Crippen molar-refractivity contribution in [3.05, 3.63) is 76.9 Å². The molecule has 0 bridgehead atoms. The molecule has 42 heavy (non-hydrogen) atoms. The number of ether oxygens (including phenoxy) is 1. The molecule has 0 unspecified atom stereocenters.